The van der Waals surface area contributed by atoms with E-state index in [1.165, 1.54) is 82.9 Å². The molecule has 0 aromatic rings. The average molecular weight is 407 g/mol. The van der Waals surface area contributed by atoms with Crippen LogP contribution in [0.2, 0.25) is 0 Å². The van der Waals surface area contributed by atoms with Gasteiger partial charge in [-0.3, -0.25) is 0 Å². The molecule has 0 aromatic heterocycles. The summed E-state index contributed by atoms with van der Waals surface area (Å²) in [5.74, 6) is 16.6. The molecule has 0 saturated heterocycles. The summed E-state index contributed by atoms with van der Waals surface area (Å²) in [6.07, 6.45) is 26.1. The summed E-state index contributed by atoms with van der Waals surface area (Å²) in [4.78, 5) is 0. The zero-order valence-corrected chi connectivity index (χ0v) is 19.4. The highest BCUT2D eigenvalue weighted by molar-refractivity contribution is 5.16. The van der Waals surface area contributed by atoms with Crippen LogP contribution in [-0.4, -0.2) is 0 Å². The average Bonchev–Trinajstić information content (AvgIpc) is 2.83. The second-order valence-electron chi connectivity index (χ2n) is 14.0. The summed E-state index contributed by atoms with van der Waals surface area (Å²) in [6.45, 7) is 0. The summed E-state index contributed by atoms with van der Waals surface area (Å²) >= 11 is 0. The van der Waals surface area contributed by atoms with Crippen molar-refractivity contribution < 1.29 is 0 Å². The van der Waals surface area contributed by atoms with Gasteiger partial charge < -0.3 is 0 Å². The summed E-state index contributed by atoms with van der Waals surface area (Å²) in [5.41, 5.74) is 0. The molecule has 0 aliphatic heterocycles. The number of hydrogen-bond donors (Lipinski definition) is 0. The van der Waals surface area contributed by atoms with Gasteiger partial charge in [-0.05, 0) is 147 Å². The third-order valence-corrected chi connectivity index (χ3v) is 13.8. The van der Waals surface area contributed by atoms with Gasteiger partial charge in [-0.2, -0.15) is 0 Å². The maximum atomic E-state index is 1.67. The summed E-state index contributed by atoms with van der Waals surface area (Å²) in [5, 5.41) is 0. The molecule has 8 saturated carbocycles. The van der Waals surface area contributed by atoms with Crippen LogP contribution in [0.4, 0.5) is 0 Å². The van der Waals surface area contributed by atoms with Gasteiger partial charge in [-0.15, -0.1) is 0 Å². The van der Waals surface area contributed by atoms with Gasteiger partial charge in [0.15, 0.2) is 0 Å². The molecule has 0 spiro atoms. The van der Waals surface area contributed by atoms with Gasteiger partial charge in [-0.25, -0.2) is 0 Å². The molecule has 30 heavy (non-hydrogen) atoms. The van der Waals surface area contributed by atoms with Crippen molar-refractivity contribution in [1.82, 2.24) is 0 Å². The molecular formula is C30H46. The van der Waals surface area contributed by atoms with E-state index in [2.05, 4.69) is 0 Å². The van der Waals surface area contributed by atoms with Crippen LogP contribution in [0.15, 0.2) is 0 Å². The van der Waals surface area contributed by atoms with Gasteiger partial charge in [-0.1, -0.05) is 38.5 Å². The van der Waals surface area contributed by atoms with Crippen LogP contribution in [-0.2, 0) is 0 Å². The highest BCUT2D eigenvalue weighted by Gasteiger charge is 2.67. The second kappa shape index (κ2) is 6.76. The van der Waals surface area contributed by atoms with E-state index in [9.17, 15) is 0 Å². The molecule has 8 fully saturated rings. The summed E-state index contributed by atoms with van der Waals surface area (Å²) < 4.78 is 0. The van der Waals surface area contributed by atoms with E-state index < -0.39 is 0 Å². The molecule has 0 bridgehead atoms. The van der Waals surface area contributed by atoms with E-state index in [-0.39, 0.29) is 0 Å². The summed E-state index contributed by atoms with van der Waals surface area (Å²) in [6, 6.07) is 0. The zero-order chi connectivity index (χ0) is 19.4. The van der Waals surface area contributed by atoms with Crippen LogP contribution in [0.5, 0.6) is 0 Å². The van der Waals surface area contributed by atoms with Gasteiger partial charge in [0.05, 0.1) is 0 Å². The first-order chi connectivity index (χ1) is 14.9. The molecular weight excluding hydrogens is 360 g/mol. The normalized spacial score (nSPS) is 63.2. The molecule has 0 amide bonds. The molecule has 8 aliphatic rings. The Bertz CT molecular complexity index is 622. The van der Waals surface area contributed by atoms with Crippen LogP contribution < -0.4 is 0 Å². The Morgan fingerprint density at radius 1 is 0.200 bits per heavy atom. The molecule has 0 N–H and O–H groups in total. The Morgan fingerprint density at radius 3 is 0.833 bits per heavy atom. The number of rotatable bonds is 0. The Labute approximate surface area is 185 Å². The van der Waals surface area contributed by atoms with Crippen molar-refractivity contribution in [2.75, 3.05) is 0 Å². The molecule has 0 aromatic carbocycles. The van der Waals surface area contributed by atoms with Gasteiger partial charge in [0, 0.05) is 0 Å². The first-order valence-electron chi connectivity index (χ1n) is 14.9. The van der Waals surface area contributed by atoms with Gasteiger partial charge in [0.2, 0.25) is 0 Å². The lowest BCUT2D eigenvalue weighted by molar-refractivity contribution is -0.245. The van der Waals surface area contributed by atoms with Crippen molar-refractivity contribution in [3.63, 3.8) is 0 Å². The lowest BCUT2D eigenvalue weighted by Gasteiger charge is -2.72. The van der Waals surface area contributed by atoms with Crippen molar-refractivity contribution in [1.29, 1.82) is 0 Å². The molecule has 8 rings (SSSR count). The molecule has 0 heteroatoms. The van der Waals surface area contributed by atoms with Crippen molar-refractivity contribution in [2.45, 2.75) is 103 Å². The van der Waals surface area contributed by atoms with Crippen molar-refractivity contribution in [3.05, 3.63) is 0 Å². The van der Waals surface area contributed by atoms with E-state index in [4.69, 9.17) is 0 Å². The topological polar surface area (TPSA) is 0 Å². The predicted octanol–water partition coefficient (Wildman–Crippen LogP) is 7.96. The van der Waals surface area contributed by atoms with Crippen LogP contribution in [0.1, 0.15) is 103 Å². The SMILES string of the molecule is C1CCC2C(C1)C1CCCC3C4CCCC5C6CCCCC6C6CCC2C(C13)C6C54. The van der Waals surface area contributed by atoms with Gasteiger partial charge in [0.25, 0.3) is 0 Å². The smallest absolute Gasteiger partial charge is 0.0315 e. The van der Waals surface area contributed by atoms with Crippen molar-refractivity contribution in [2.24, 2.45) is 82.9 Å². The fourth-order valence-corrected chi connectivity index (χ4v) is 13.6. The van der Waals surface area contributed by atoms with Crippen LogP contribution >= 0.6 is 0 Å². The molecule has 0 heterocycles. The molecule has 166 valence electrons. The van der Waals surface area contributed by atoms with E-state index in [0.29, 0.717) is 0 Å². The fourth-order valence-electron chi connectivity index (χ4n) is 13.6. The quantitative estimate of drug-likeness (QED) is 0.383. The molecule has 14 unspecified atom stereocenters. The minimum absolute atomic E-state index is 1.17. The Balaban J connectivity index is 1.27. The molecule has 0 nitrogen and oxygen atoms in total. The Hall–Kier alpha value is 0. The monoisotopic (exact) mass is 406 g/mol. The predicted molar refractivity (Wildman–Crippen MR) is 123 cm³/mol. The molecule has 8 aliphatic carbocycles. The largest absolute Gasteiger partial charge is 0.0530 e. The second-order valence-corrected chi connectivity index (χ2v) is 14.0. The third kappa shape index (κ3) is 2.26. The molecule has 14 atom stereocenters. The van der Waals surface area contributed by atoms with E-state index in [1.807, 2.05) is 0 Å². The lowest BCUT2D eigenvalue weighted by atomic mass is 9.32. The van der Waals surface area contributed by atoms with E-state index >= 15 is 0 Å². The lowest BCUT2D eigenvalue weighted by Crippen LogP contribution is -2.67. The van der Waals surface area contributed by atoms with Crippen LogP contribution in [0, 0.1) is 82.9 Å². The number of fused-ring (bicyclic) bond motifs is 7. The maximum absolute atomic E-state index is 1.67. The summed E-state index contributed by atoms with van der Waals surface area (Å²) in [7, 11) is 0. The fraction of sp³-hybridized carbons (Fsp3) is 1.00. The highest BCUT2D eigenvalue weighted by Crippen LogP contribution is 2.74. The van der Waals surface area contributed by atoms with Crippen molar-refractivity contribution >= 4 is 0 Å². The first kappa shape index (κ1) is 18.4. The van der Waals surface area contributed by atoms with Gasteiger partial charge >= 0.3 is 0 Å². The maximum Gasteiger partial charge on any atom is -0.0315 e. The van der Waals surface area contributed by atoms with Crippen LogP contribution in [0.25, 0.3) is 0 Å². The Morgan fingerprint density at radius 2 is 0.467 bits per heavy atom. The minimum Gasteiger partial charge on any atom is -0.0530 e. The highest BCUT2D eigenvalue weighted by atomic mass is 14.7. The number of hydrogen-bond acceptors (Lipinski definition) is 0. The third-order valence-electron chi connectivity index (χ3n) is 13.8. The van der Waals surface area contributed by atoms with Crippen molar-refractivity contribution in [3.8, 4) is 0 Å². The zero-order valence-electron chi connectivity index (χ0n) is 19.4. The van der Waals surface area contributed by atoms with E-state index in [1.54, 1.807) is 103 Å². The van der Waals surface area contributed by atoms with E-state index in [0.717, 1.165) is 0 Å². The van der Waals surface area contributed by atoms with Gasteiger partial charge in [0.1, 0.15) is 0 Å². The Kier molecular flexibility index (Phi) is 4.15. The molecule has 0 radical (unpaired) electrons. The van der Waals surface area contributed by atoms with Crippen LogP contribution in [0.3, 0.4) is 0 Å². The minimum atomic E-state index is 1.17. The first-order valence-corrected chi connectivity index (χ1v) is 14.9. The standard InChI is InChI=1S/C30H46/c1-3-9-19-17(7-1)21-11-5-13-23-24-14-6-12-22-18-8-2-4-10-20(18)26-16-15-25(19)29(27(21)23)30(26)28(22)24/h17-30H,1-16H2.